The van der Waals surface area contributed by atoms with Crippen LogP contribution in [0, 0.1) is 0 Å². The smallest absolute Gasteiger partial charge is 0.148 e. The standard InChI is InChI=1S/C23H21ClN2O/c1-2-17-9-13-20(14-10-17)27-16-23-25-21-5-3-4-6-22(21)26(23)15-18-7-11-19(24)12-8-18/h3-14H,2,15-16H2,1H3. The molecule has 0 amide bonds. The van der Waals surface area contributed by atoms with Gasteiger partial charge in [0.05, 0.1) is 11.0 Å². The van der Waals surface area contributed by atoms with Crippen LogP contribution in [0.4, 0.5) is 0 Å². The largest absolute Gasteiger partial charge is 0.486 e. The van der Waals surface area contributed by atoms with Crippen LogP contribution in [0.25, 0.3) is 11.0 Å². The number of rotatable bonds is 6. The Morgan fingerprint density at radius 2 is 1.59 bits per heavy atom. The molecule has 3 nitrogen and oxygen atoms in total. The Morgan fingerprint density at radius 1 is 0.889 bits per heavy atom. The number of aryl methyl sites for hydroxylation is 1. The topological polar surface area (TPSA) is 27.1 Å². The number of halogens is 1. The number of para-hydroxylation sites is 2. The molecule has 0 aliphatic rings. The number of nitrogens with zero attached hydrogens (tertiary/aromatic N) is 2. The van der Waals surface area contributed by atoms with Crippen molar-refractivity contribution in [1.29, 1.82) is 0 Å². The summed E-state index contributed by atoms with van der Waals surface area (Å²) in [7, 11) is 0. The maximum absolute atomic E-state index is 6.02. The van der Waals surface area contributed by atoms with E-state index in [1.807, 2.05) is 54.6 Å². The molecule has 0 bridgehead atoms. The van der Waals surface area contributed by atoms with Crippen LogP contribution in [-0.2, 0) is 19.6 Å². The van der Waals surface area contributed by atoms with E-state index < -0.39 is 0 Å². The first-order chi connectivity index (χ1) is 13.2. The number of ether oxygens (including phenoxy) is 1. The van der Waals surface area contributed by atoms with E-state index in [0.29, 0.717) is 6.61 Å². The Balaban J connectivity index is 1.61. The van der Waals surface area contributed by atoms with Gasteiger partial charge in [-0.3, -0.25) is 0 Å². The molecule has 0 saturated carbocycles. The Morgan fingerprint density at radius 3 is 2.33 bits per heavy atom. The maximum Gasteiger partial charge on any atom is 0.148 e. The molecule has 4 heteroatoms. The zero-order valence-electron chi connectivity index (χ0n) is 15.2. The highest BCUT2D eigenvalue weighted by atomic mass is 35.5. The van der Waals surface area contributed by atoms with Crippen molar-refractivity contribution in [3.8, 4) is 5.75 Å². The monoisotopic (exact) mass is 376 g/mol. The summed E-state index contributed by atoms with van der Waals surface area (Å²) in [6.07, 6.45) is 1.02. The fourth-order valence-electron chi connectivity index (χ4n) is 3.15. The molecule has 4 rings (SSSR count). The van der Waals surface area contributed by atoms with Gasteiger partial charge in [0, 0.05) is 11.6 Å². The number of imidazole rings is 1. The molecule has 4 aromatic rings. The minimum absolute atomic E-state index is 0.424. The summed E-state index contributed by atoms with van der Waals surface area (Å²) in [5.74, 6) is 1.77. The van der Waals surface area contributed by atoms with Crippen LogP contribution in [-0.4, -0.2) is 9.55 Å². The van der Waals surface area contributed by atoms with Gasteiger partial charge in [0.15, 0.2) is 0 Å². The van der Waals surface area contributed by atoms with E-state index in [1.165, 1.54) is 11.1 Å². The summed E-state index contributed by atoms with van der Waals surface area (Å²) in [6, 6.07) is 24.4. The van der Waals surface area contributed by atoms with Gasteiger partial charge >= 0.3 is 0 Å². The van der Waals surface area contributed by atoms with E-state index in [4.69, 9.17) is 21.3 Å². The average Bonchev–Trinajstić information content (AvgIpc) is 3.06. The van der Waals surface area contributed by atoms with Crippen LogP contribution >= 0.6 is 11.6 Å². The van der Waals surface area contributed by atoms with Crippen molar-refractivity contribution in [1.82, 2.24) is 9.55 Å². The lowest BCUT2D eigenvalue weighted by Gasteiger charge is -2.11. The first kappa shape index (κ1) is 17.6. The van der Waals surface area contributed by atoms with Crippen LogP contribution in [0.1, 0.15) is 23.9 Å². The molecular formula is C23H21ClN2O. The van der Waals surface area contributed by atoms with Crippen molar-refractivity contribution in [2.24, 2.45) is 0 Å². The molecule has 27 heavy (non-hydrogen) atoms. The first-order valence-corrected chi connectivity index (χ1v) is 9.51. The Kier molecular flexibility index (Phi) is 5.12. The minimum Gasteiger partial charge on any atom is -0.486 e. The second kappa shape index (κ2) is 7.85. The summed E-state index contributed by atoms with van der Waals surface area (Å²) in [4.78, 5) is 4.79. The Bertz CT molecular complexity index is 1040. The summed E-state index contributed by atoms with van der Waals surface area (Å²) >= 11 is 6.02. The Labute approximate surface area is 164 Å². The third kappa shape index (κ3) is 3.99. The zero-order chi connectivity index (χ0) is 18.6. The molecule has 0 radical (unpaired) electrons. The Hall–Kier alpha value is -2.78. The molecule has 0 atom stereocenters. The quantitative estimate of drug-likeness (QED) is 0.420. The molecule has 1 heterocycles. The molecule has 0 aliphatic carbocycles. The molecular weight excluding hydrogens is 356 g/mol. The van der Waals surface area contributed by atoms with Crippen molar-refractivity contribution in [3.63, 3.8) is 0 Å². The number of fused-ring (bicyclic) bond motifs is 1. The second-order valence-electron chi connectivity index (χ2n) is 6.52. The molecule has 3 aromatic carbocycles. The van der Waals surface area contributed by atoms with Crippen LogP contribution in [0.2, 0.25) is 5.02 Å². The van der Waals surface area contributed by atoms with Crippen molar-refractivity contribution < 1.29 is 4.74 Å². The van der Waals surface area contributed by atoms with Gasteiger partial charge in [0.25, 0.3) is 0 Å². The van der Waals surface area contributed by atoms with Crippen LogP contribution in [0.5, 0.6) is 5.75 Å². The summed E-state index contributed by atoms with van der Waals surface area (Å²) < 4.78 is 8.22. The van der Waals surface area contributed by atoms with E-state index in [2.05, 4.69) is 29.7 Å². The fourth-order valence-corrected chi connectivity index (χ4v) is 3.28. The van der Waals surface area contributed by atoms with Gasteiger partial charge in [-0.1, -0.05) is 54.9 Å². The van der Waals surface area contributed by atoms with E-state index in [-0.39, 0.29) is 0 Å². The zero-order valence-corrected chi connectivity index (χ0v) is 16.0. The predicted octanol–water partition coefficient (Wildman–Crippen LogP) is 5.88. The SMILES string of the molecule is CCc1ccc(OCc2nc3ccccc3n2Cc2ccc(Cl)cc2)cc1. The van der Waals surface area contributed by atoms with Crippen LogP contribution in [0.3, 0.4) is 0 Å². The lowest BCUT2D eigenvalue weighted by molar-refractivity contribution is 0.291. The third-order valence-electron chi connectivity index (χ3n) is 4.69. The number of hydrogen-bond donors (Lipinski definition) is 0. The molecule has 0 saturated heterocycles. The first-order valence-electron chi connectivity index (χ1n) is 9.13. The van der Waals surface area contributed by atoms with E-state index in [0.717, 1.165) is 40.6 Å². The van der Waals surface area contributed by atoms with Crippen molar-refractivity contribution in [2.45, 2.75) is 26.5 Å². The van der Waals surface area contributed by atoms with E-state index in [9.17, 15) is 0 Å². The van der Waals surface area contributed by atoms with Crippen LogP contribution in [0.15, 0.2) is 72.8 Å². The van der Waals surface area contributed by atoms with Gasteiger partial charge in [-0.25, -0.2) is 4.98 Å². The molecule has 136 valence electrons. The van der Waals surface area contributed by atoms with Gasteiger partial charge in [-0.15, -0.1) is 0 Å². The molecule has 0 aliphatic heterocycles. The van der Waals surface area contributed by atoms with Gasteiger partial charge in [0.1, 0.15) is 18.2 Å². The fraction of sp³-hybridized carbons (Fsp3) is 0.174. The van der Waals surface area contributed by atoms with E-state index >= 15 is 0 Å². The highest BCUT2D eigenvalue weighted by molar-refractivity contribution is 6.30. The summed E-state index contributed by atoms with van der Waals surface area (Å²) in [5.41, 5.74) is 4.56. The van der Waals surface area contributed by atoms with Crippen molar-refractivity contribution in [3.05, 3.63) is 94.8 Å². The molecule has 0 unspecified atom stereocenters. The van der Waals surface area contributed by atoms with Gasteiger partial charge in [-0.2, -0.15) is 0 Å². The van der Waals surface area contributed by atoms with Crippen LogP contribution < -0.4 is 4.74 Å². The average molecular weight is 377 g/mol. The summed E-state index contributed by atoms with van der Waals surface area (Å²) in [5, 5.41) is 0.744. The number of hydrogen-bond acceptors (Lipinski definition) is 2. The lowest BCUT2D eigenvalue weighted by Crippen LogP contribution is -2.08. The van der Waals surface area contributed by atoms with Gasteiger partial charge < -0.3 is 9.30 Å². The van der Waals surface area contributed by atoms with E-state index in [1.54, 1.807) is 0 Å². The van der Waals surface area contributed by atoms with Gasteiger partial charge in [-0.05, 0) is 53.9 Å². The molecule has 1 aromatic heterocycles. The normalized spacial score (nSPS) is 11.0. The highest BCUT2D eigenvalue weighted by Gasteiger charge is 2.12. The molecule has 0 N–H and O–H groups in total. The lowest BCUT2D eigenvalue weighted by atomic mass is 10.2. The minimum atomic E-state index is 0.424. The summed E-state index contributed by atoms with van der Waals surface area (Å²) in [6.45, 7) is 3.30. The van der Waals surface area contributed by atoms with Gasteiger partial charge in [0.2, 0.25) is 0 Å². The maximum atomic E-state index is 6.02. The molecule has 0 fully saturated rings. The number of benzene rings is 3. The van der Waals surface area contributed by atoms with Crippen molar-refractivity contribution >= 4 is 22.6 Å². The predicted molar refractivity (Wildman–Crippen MR) is 110 cm³/mol. The number of aromatic nitrogens is 2. The molecule has 0 spiro atoms. The van der Waals surface area contributed by atoms with Crippen molar-refractivity contribution in [2.75, 3.05) is 0 Å². The highest BCUT2D eigenvalue weighted by Crippen LogP contribution is 2.21. The third-order valence-corrected chi connectivity index (χ3v) is 4.94. The second-order valence-corrected chi connectivity index (χ2v) is 6.95.